The van der Waals surface area contributed by atoms with Gasteiger partial charge in [0.15, 0.2) is 5.65 Å². The average molecular weight is 316 g/mol. The first-order valence-electron chi connectivity index (χ1n) is 6.61. The van der Waals surface area contributed by atoms with Crippen molar-refractivity contribution in [2.75, 3.05) is 13.2 Å². The first-order chi connectivity index (χ1) is 10.4. The summed E-state index contributed by atoms with van der Waals surface area (Å²) in [5, 5.41) is 10.5. The summed E-state index contributed by atoms with van der Waals surface area (Å²) in [6, 6.07) is 5.45. The van der Waals surface area contributed by atoms with E-state index in [1.807, 2.05) is 12.1 Å². The second-order valence-corrected chi connectivity index (χ2v) is 4.65. The zero-order chi connectivity index (χ0) is 16.2. The SMILES string of the molecule is CC(OCC(F)(F)F)C(=O)NCCc1nnc2ccccn12. The highest BCUT2D eigenvalue weighted by Gasteiger charge is 2.29. The number of ether oxygens (including phenoxy) is 1. The number of amides is 1. The molecule has 0 aliphatic carbocycles. The first-order valence-corrected chi connectivity index (χ1v) is 6.61. The molecule has 0 saturated carbocycles. The van der Waals surface area contributed by atoms with Crippen molar-refractivity contribution in [2.24, 2.45) is 0 Å². The van der Waals surface area contributed by atoms with Crippen molar-refractivity contribution in [1.29, 1.82) is 0 Å². The van der Waals surface area contributed by atoms with Crippen molar-refractivity contribution in [1.82, 2.24) is 19.9 Å². The summed E-state index contributed by atoms with van der Waals surface area (Å²) >= 11 is 0. The van der Waals surface area contributed by atoms with E-state index in [0.29, 0.717) is 17.9 Å². The van der Waals surface area contributed by atoms with E-state index in [1.54, 1.807) is 16.7 Å². The molecule has 120 valence electrons. The molecule has 9 heteroatoms. The Balaban J connectivity index is 1.79. The van der Waals surface area contributed by atoms with Gasteiger partial charge in [0, 0.05) is 19.2 Å². The van der Waals surface area contributed by atoms with Gasteiger partial charge in [0.1, 0.15) is 18.5 Å². The largest absolute Gasteiger partial charge is 0.411 e. The van der Waals surface area contributed by atoms with Gasteiger partial charge in [0.2, 0.25) is 5.91 Å². The molecule has 0 aliphatic heterocycles. The fraction of sp³-hybridized carbons (Fsp3) is 0.462. The zero-order valence-corrected chi connectivity index (χ0v) is 11.8. The molecular formula is C13H15F3N4O2. The number of rotatable bonds is 6. The third-order valence-corrected chi connectivity index (χ3v) is 2.90. The summed E-state index contributed by atoms with van der Waals surface area (Å²) in [5.41, 5.74) is 0.686. The van der Waals surface area contributed by atoms with Crippen molar-refractivity contribution in [3.63, 3.8) is 0 Å². The molecule has 22 heavy (non-hydrogen) atoms. The lowest BCUT2D eigenvalue weighted by atomic mass is 10.3. The molecule has 1 atom stereocenters. The van der Waals surface area contributed by atoms with Gasteiger partial charge in [0.25, 0.3) is 0 Å². The molecule has 1 unspecified atom stereocenters. The van der Waals surface area contributed by atoms with E-state index in [9.17, 15) is 18.0 Å². The quantitative estimate of drug-likeness (QED) is 0.873. The summed E-state index contributed by atoms with van der Waals surface area (Å²) in [7, 11) is 0. The monoisotopic (exact) mass is 316 g/mol. The third-order valence-electron chi connectivity index (χ3n) is 2.90. The molecule has 1 amide bonds. The maximum absolute atomic E-state index is 12.0. The minimum Gasteiger partial charge on any atom is -0.359 e. The van der Waals surface area contributed by atoms with E-state index >= 15 is 0 Å². The summed E-state index contributed by atoms with van der Waals surface area (Å²) < 4.78 is 42.2. The van der Waals surface area contributed by atoms with Gasteiger partial charge >= 0.3 is 6.18 Å². The number of carbonyl (C=O) groups is 1. The fourth-order valence-corrected chi connectivity index (χ4v) is 1.80. The molecule has 2 aromatic rings. The normalized spacial score (nSPS) is 13.3. The Morgan fingerprint density at radius 3 is 2.91 bits per heavy atom. The number of nitrogens with one attached hydrogen (secondary N) is 1. The van der Waals surface area contributed by atoms with Crippen LogP contribution in [-0.4, -0.2) is 45.9 Å². The molecule has 0 bridgehead atoms. The number of pyridine rings is 1. The van der Waals surface area contributed by atoms with Crippen molar-refractivity contribution < 1.29 is 22.7 Å². The molecule has 2 heterocycles. The van der Waals surface area contributed by atoms with Crippen LogP contribution in [0.15, 0.2) is 24.4 Å². The Morgan fingerprint density at radius 2 is 2.18 bits per heavy atom. The highest BCUT2D eigenvalue weighted by molar-refractivity contribution is 5.80. The van der Waals surface area contributed by atoms with E-state index in [2.05, 4.69) is 20.3 Å². The highest BCUT2D eigenvalue weighted by Crippen LogP contribution is 2.15. The van der Waals surface area contributed by atoms with Crippen LogP contribution in [0.4, 0.5) is 13.2 Å². The summed E-state index contributed by atoms with van der Waals surface area (Å²) in [6.07, 6.45) is -3.42. The highest BCUT2D eigenvalue weighted by atomic mass is 19.4. The van der Waals surface area contributed by atoms with Gasteiger partial charge in [-0.2, -0.15) is 13.2 Å². The Kier molecular flexibility index (Phi) is 4.96. The van der Waals surface area contributed by atoms with E-state index in [-0.39, 0.29) is 6.54 Å². The molecule has 2 rings (SSSR count). The van der Waals surface area contributed by atoms with Gasteiger partial charge in [-0.05, 0) is 19.1 Å². The molecule has 6 nitrogen and oxygen atoms in total. The van der Waals surface area contributed by atoms with Gasteiger partial charge in [-0.3, -0.25) is 9.20 Å². The maximum Gasteiger partial charge on any atom is 0.411 e. The summed E-state index contributed by atoms with van der Waals surface area (Å²) in [6.45, 7) is 0.0538. The second kappa shape index (κ2) is 6.73. The van der Waals surface area contributed by atoms with Gasteiger partial charge < -0.3 is 10.1 Å². The lowest BCUT2D eigenvalue weighted by molar-refractivity contribution is -0.185. The number of hydrogen-bond acceptors (Lipinski definition) is 4. The van der Waals surface area contributed by atoms with Crippen LogP contribution in [0.1, 0.15) is 12.7 Å². The van der Waals surface area contributed by atoms with Gasteiger partial charge in [-0.15, -0.1) is 10.2 Å². The Hall–Kier alpha value is -2.16. The molecular weight excluding hydrogens is 301 g/mol. The van der Waals surface area contributed by atoms with Crippen molar-refractivity contribution in [2.45, 2.75) is 25.6 Å². The number of alkyl halides is 3. The Labute approximate surface area is 124 Å². The van der Waals surface area contributed by atoms with Crippen LogP contribution in [-0.2, 0) is 16.0 Å². The van der Waals surface area contributed by atoms with Gasteiger partial charge in [-0.25, -0.2) is 0 Å². The molecule has 0 spiro atoms. The molecule has 0 aliphatic rings. The predicted octanol–water partition coefficient (Wildman–Crippen LogP) is 1.36. The van der Waals surface area contributed by atoms with Crippen LogP contribution < -0.4 is 5.32 Å². The minimum absolute atomic E-state index is 0.230. The standard InChI is InChI=1S/C13H15F3N4O2/c1-9(22-8-13(14,15)16)12(21)17-6-5-11-19-18-10-4-2-3-7-20(10)11/h2-4,7,9H,5-6,8H2,1H3,(H,17,21). The van der Waals surface area contributed by atoms with Crippen molar-refractivity contribution >= 4 is 11.6 Å². The van der Waals surface area contributed by atoms with Crippen LogP contribution in [0.5, 0.6) is 0 Å². The molecule has 1 N–H and O–H groups in total. The van der Waals surface area contributed by atoms with Gasteiger partial charge in [-0.1, -0.05) is 6.07 Å². The Morgan fingerprint density at radius 1 is 1.41 bits per heavy atom. The smallest absolute Gasteiger partial charge is 0.359 e. The van der Waals surface area contributed by atoms with Crippen LogP contribution in [0, 0.1) is 0 Å². The minimum atomic E-state index is -4.45. The molecule has 2 aromatic heterocycles. The van der Waals surface area contributed by atoms with Crippen LogP contribution in [0.2, 0.25) is 0 Å². The predicted molar refractivity (Wildman–Crippen MR) is 71.2 cm³/mol. The van der Waals surface area contributed by atoms with Crippen LogP contribution in [0.25, 0.3) is 5.65 Å². The van der Waals surface area contributed by atoms with E-state index in [4.69, 9.17) is 0 Å². The second-order valence-electron chi connectivity index (χ2n) is 4.65. The number of fused-ring (bicyclic) bond motifs is 1. The van der Waals surface area contributed by atoms with Crippen LogP contribution in [0.3, 0.4) is 0 Å². The topological polar surface area (TPSA) is 68.5 Å². The Bertz CT molecular complexity index is 641. The third kappa shape index (κ3) is 4.42. The number of carbonyl (C=O) groups excluding carboxylic acids is 1. The zero-order valence-electron chi connectivity index (χ0n) is 11.8. The fourth-order valence-electron chi connectivity index (χ4n) is 1.80. The number of aromatic nitrogens is 3. The number of halogens is 3. The summed E-state index contributed by atoms with van der Waals surface area (Å²) in [5.74, 6) is 0.0535. The molecule has 0 saturated heterocycles. The molecule has 0 radical (unpaired) electrons. The molecule has 0 aromatic carbocycles. The van der Waals surface area contributed by atoms with Crippen molar-refractivity contribution in [3.05, 3.63) is 30.2 Å². The van der Waals surface area contributed by atoms with Crippen molar-refractivity contribution in [3.8, 4) is 0 Å². The molecule has 0 fully saturated rings. The lowest BCUT2D eigenvalue weighted by Gasteiger charge is -2.14. The first kappa shape index (κ1) is 16.2. The average Bonchev–Trinajstić information content (AvgIpc) is 2.87. The maximum atomic E-state index is 12.0. The number of nitrogens with zero attached hydrogens (tertiary/aromatic N) is 3. The van der Waals surface area contributed by atoms with Crippen LogP contribution >= 0.6 is 0 Å². The van der Waals surface area contributed by atoms with Gasteiger partial charge in [0.05, 0.1) is 0 Å². The summed E-state index contributed by atoms with van der Waals surface area (Å²) in [4.78, 5) is 11.6. The van der Waals surface area contributed by atoms with E-state index in [1.165, 1.54) is 6.92 Å². The van der Waals surface area contributed by atoms with E-state index in [0.717, 1.165) is 0 Å². The number of hydrogen-bond donors (Lipinski definition) is 1. The lowest BCUT2D eigenvalue weighted by Crippen LogP contribution is -2.37. The van der Waals surface area contributed by atoms with E-state index < -0.39 is 24.8 Å².